The summed E-state index contributed by atoms with van der Waals surface area (Å²) in [5, 5.41) is 0. The summed E-state index contributed by atoms with van der Waals surface area (Å²) in [6.07, 6.45) is 0.758. The molecule has 0 spiro atoms. The minimum absolute atomic E-state index is 0.197. The van der Waals surface area contributed by atoms with Gasteiger partial charge in [-0.1, -0.05) is 0 Å². The van der Waals surface area contributed by atoms with E-state index in [1.807, 2.05) is 32.0 Å². The van der Waals surface area contributed by atoms with E-state index in [9.17, 15) is 0 Å². The maximum atomic E-state index is 6.36. The third-order valence-electron chi connectivity index (χ3n) is 3.49. The van der Waals surface area contributed by atoms with E-state index in [2.05, 4.69) is 42.5 Å². The molecular weight excluding hydrogens is 386 g/mol. The monoisotopic (exact) mass is 409 g/mol. The number of hydrogen-bond acceptors (Lipinski definition) is 2. The van der Waals surface area contributed by atoms with E-state index in [0.717, 1.165) is 17.5 Å². The molecule has 0 unspecified atom stereocenters. The molecule has 2 aromatic rings. The van der Waals surface area contributed by atoms with Crippen LogP contribution in [0.1, 0.15) is 19.4 Å². The molecule has 5 heteroatoms. The van der Waals surface area contributed by atoms with Gasteiger partial charge in [0.2, 0.25) is 0 Å². The fraction of sp³-hybridized carbons (Fsp3) is 0.263. The first-order valence-corrected chi connectivity index (χ1v) is 11.6. The molecule has 0 amide bonds. The summed E-state index contributed by atoms with van der Waals surface area (Å²) in [4.78, 5) is 0. The van der Waals surface area contributed by atoms with Crippen molar-refractivity contribution in [2.45, 2.75) is 13.8 Å². The fourth-order valence-corrected chi connectivity index (χ4v) is 8.11. The zero-order valence-electron chi connectivity index (χ0n) is 14.0. The summed E-state index contributed by atoms with van der Waals surface area (Å²) in [5.41, 5.74) is 1.10. The van der Waals surface area contributed by atoms with Crippen LogP contribution < -0.4 is 4.46 Å². The van der Waals surface area contributed by atoms with E-state index in [1.54, 1.807) is 0 Å². The number of hydrogen-bond donors (Lipinski definition) is 0. The quantitative estimate of drug-likeness (QED) is 0.391. The van der Waals surface area contributed by atoms with Gasteiger partial charge >= 0.3 is 150 Å². The zero-order chi connectivity index (χ0) is 16.8. The Balaban J connectivity index is 2.00. The van der Waals surface area contributed by atoms with E-state index in [4.69, 9.17) is 13.2 Å². The molecule has 3 rings (SSSR count). The van der Waals surface area contributed by atoms with Crippen LogP contribution in [0.2, 0.25) is 0 Å². The van der Waals surface area contributed by atoms with Crippen LogP contribution in [0.25, 0.3) is 5.76 Å². The molecule has 1 aliphatic heterocycles. The molecule has 0 N–H and O–H groups in total. The normalized spacial score (nSPS) is 16.2. The summed E-state index contributed by atoms with van der Waals surface area (Å²) in [6.45, 7) is 5.18. The van der Waals surface area contributed by atoms with Crippen LogP contribution in [-0.4, -0.2) is 34.3 Å². The van der Waals surface area contributed by atoms with Crippen LogP contribution in [0, 0.1) is 0 Å². The van der Waals surface area contributed by atoms with Gasteiger partial charge in [0.25, 0.3) is 0 Å². The van der Waals surface area contributed by atoms with Crippen LogP contribution in [0.4, 0.5) is 0 Å². The van der Waals surface area contributed by atoms with Gasteiger partial charge in [0.15, 0.2) is 0 Å². The van der Waals surface area contributed by atoms with Crippen molar-refractivity contribution < 1.29 is 13.2 Å². The van der Waals surface area contributed by atoms with Crippen LogP contribution in [0.3, 0.4) is 0 Å². The Kier molecular flexibility index (Phi) is 6.10. The van der Waals surface area contributed by atoms with Gasteiger partial charge in [0.1, 0.15) is 0 Å². The van der Waals surface area contributed by atoms with Gasteiger partial charge in [0, 0.05) is 0 Å². The number of rotatable bonds is 7. The van der Waals surface area contributed by atoms with Gasteiger partial charge < -0.3 is 0 Å². The zero-order valence-corrected chi connectivity index (χ0v) is 16.6. The fourth-order valence-electron chi connectivity index (χ4n) is 2.56. The summed E-state index contributed by atoms with van der Waals surface area (Å²) in [5.74, 6) is 0.953. The maximum absolute atomic E-state index is 6.36. The van der Waals surface area contributed by atoms with Crippen molar-refractivity contribution in [3.8, 4) is 0 Å². The van der Waals surface area contributed by atoms with Gasteiger partial charge in [0.05, 0.1) is 0 Å². The molecule has 3 nitrogen and oxygen atoms in total. The van der Waals surface area contributed by atoms with Crippen molar-refractivity contribution in [1.82, 2.24) is 0 Å². The first kappa shape index (κ1) is 17.7. The molecule has 0 atom stereocenters. The topological polar surface area (TPSA) is 29.8 Å². The number of benzene rings is 2. The SMILES string of the molecule is CCOP1(OCC)=[O+]C(c2ccccc2)=C([Se]c2ccccc2)C1. The molecule has 1 aliphatic rings. The Morgan fingerprint density at radius 1 is 0.917 bits per heavy atom. The Morgan fingerprint density at radius 3 is 2.08 bits per heavy atom. The first-order valence-electron chi connectivity index (χ1n) is 8.14. The van der Waals surface area contributed by atoms with Crippen molar-refractivity contribution in [3.05, 3.63) is 70.7 Å². The second kappa shape index (κ2) is 8.29. The van der Waals surface area contributed by atoms with Crippen molar-refractivity contribution in [3.63, 3.8) is 0 Å². The van der Waals surface area contributed by atoms with E-state index >= 15 is 0 Å². The second-order valence-electron chi connectivity index (χ2n) is 5.23. The van der Waals surface area contributed by atoms with Gasteiger partial charge in [-0.15, -0.1) is 0 Å². The van der Waals surface area contributed by atoms with Crippen LogP contribution in [0.15, 0.2) is 65.1 Å². The molecule has 2 aromatic carbocycles. The molecule has 24 heavy (non-hydrogen) atoms. The molecule has 0 bridgehead atoms. The predicted molar refractivity (Wildman–Crippen MR) is 101 cm³/mol. The predicted octanol–water partition coefficient (Wildman–Crippen LogP) is 4.20. The Morgan fingerprint density at radius 2 is 1.50 bits per heavy atom. The molecule has 0 aliphatic carbocycles. The molecule has 0 saturated carbocycles. The third kappa shape index (κ3) is 4.08. The van der Waals surface area contributed by atoms with Crippen LogP contribution in [0.5, 0.6) is 0 Å². The molecule has 1 heterocycles. The summed E-state index contributed by atoms with van der Waals surface area (Å²) < 4.78 is 21.0. The molecule has 0 aromatic heterocycles. The van der Waals surface area contributed by atoms with Gasteiger partial charge in [-0.25, -0.2) is 0 Å². The first-order chi connectivity index (χ1) is 11.8. The van der Waals surface area contributed by atoms with E-state index < -0.39 is 7.60 Å². The molecule has 126 valence electrons. The van der Waals surface area contributed by atoms with Gasteiger partial charge in [-0.3, -0.25) is 0 Å². The van der Waals surface area contributed by atoms with Crippen molar-refractivity contribution >= 4 is 32.8 Å². The van der Waals surface area contributed by atoms with Crippen molar-refractivity contribution in [1.29, 1.82) is 0 Å². The Bertz CT molecular complexity index is 747. The van der Waals surface area contributed by atoms with E-state index in [1.165, 1.54) is 8.93 Å². The molecule has 0 fully saturated rings. The van der Waals surface area contributed by atoms with Gasteiger partial charge in [-0.05, 0) is 0 Å². The summed E-state index contributed by atoms with van der Waals surface area (Å²) in [7, 11) is -2.32. The Labute approximate surface area is 150 Å². The Hall–Kier alpha value is -1.15. The summed E-state index contributed by atoms with van der Waals surface area (Å²) in [6, 6.07) is 20.9. The van der Waals surface area contributed by atoms with Crippen LogP contribution in [-0.2, 0) is 13.2 Å². The average molecular weight is 408 g/mol. The average Bonchev–Trinajstić information content (AvgIpc) is 2.95. The summed E-state index contributed by atoms with van der Waals surface area (Å²) >= 11 is 0.197. The molecule has 0 saturated heterocycles. The standard InChI is InChI=1S/C19H22O3PSe/c1-3-20-23(21-4-2)15-18(24-17-13-9-6-10-14-17)19(22-23)16-11-7-5-8-12-16/h5-14H,3-4,15H2,1-2H3/q+1. The molecule has 0 radical (unpaired) electrons. The van der Waals surface area contributed by atoms with E-state index in [0.29, 0.717) is 13.2 Å². The second-order valence-corrected chi connectivity index (χ2v) is 9.92. The third-order valence-corrected chi connectivity index (χ3v) is 8.72. The van der Waals surface area contributed by atoms with Crippen molar-refractivity contribution in [2.24, 2.45) is 0 Å². The van der Waals surface area contributed by atoms with E-state index in [-0.39, 0.29) is 15.0 Å². The number of allylic oxidation sites excluding steroid dienone is 1. The minimum atomic E-state index is -2.32. The van der Waals surface area contributed by atoms with Crippen LogP contribution >= 0.6 is 7.60 Å². The molecular formula is C19H22O3PSe+. The van der Waals surface area contributed by atoms with Crippen molar-refractivity contribution in [2.75, 3.05) is 19.4 Å². The van der Waals surface area contributed by atoms with Gasteiger partial charge in [-0.2, -0.15) is 0 Å².